The van der Waals surface area contributed by atoms with Crippen LogP contribution in [0.5, 0.6) is 0 Å². The summed E-state index contributed by atoms with van der Waals surface area (Å²) >= 11 is 1.03. The van der Waals surface area contributed by atoms with Crippen molar-refractivity contribution < 1.29 is 46.7 Å². The molecule has 0 radical (unpaired) electrons. The van der Waals surface area contributed by atoms with Crippen molar-refractivity contribution in [3.05, 3.63) is 97.1 Å². The number of hydrogen-bond acceptors (Lipinski definition) is 0. The number of allylic oxidation sites excluding steroid dienone is 5. The predicted molar refractivity (Wildman–Crippen MR) is 97.8 cm³/mol. The van der Waals surface area contributed by atoms with E-state index in [-0.39, 0.29) is 24.8 Å². The number of hydrogen-bond donors (Lipinski definition) is 0. The summed E-state index contributed by atoms with van der Waals surface area (Å²) in [5.41, 5.74) is -0.597. The molecule has 2 aromatic carbocycles. The van der Waals surface area contributed by atoms with E-state index < -0.39 is 40.1 Å². The molecule has 0 saturated carbocycles. The van der Waals surface area contributed by atoms with Gasteiger partial charge >= 0.3 is 162 Å². The summed E-state index contributed by atoms with van der Waals surface area (Å²) in [5.74, 6) is -9.58. The van der Waals surface area contributed by atoms with Crippen molar-refractivity contribution in [1.82, 2.24) is 0 Å². The van der Waals surface area contributed by atoms with Crippen LogP contribution in [0.3, 0.4) is 0 Å². The molecule has 4 rings (SSSR count). The Bertz CT molecular complexity index is 1020. The van der Waals surface area contributed by atoms with Gasteiger partial charge in [-0.2, -0.15) is 0 Å². The first-order chi connectivity index (χ1) is 12.4. The molecule has 1 atom stereocenters. The molecular formula is C20H12Cl2F5Zr. The summed E-state index contributed by atoms with van der Waals surface area (Å²) in [5, 5.41) is 0. The molecule has 2 aromatic rings. The minimum absolute atomic E-state index is 0. The van der Waals surface area contributed by atoms with Crippen molar-refractivity contribution in [3.63, 3.8) is 0 Å². The van der Waals surface area contributed by atoms with Gasteiger partial charge in [0.25, 0.3) is 0 Å². The van der Waals surface area contributed by atoms with Crippen molar-refractivity contribution in [1.29, 1.82) is 0 Å². The van der Waals surface area contributed by atoms with Crippen molar-refractivity contribution in [2.24, 2.45) is 0 Å². The molecule has 0 aliphatic heterocycles. The molecule has 0 amide bonds. The SMILES string of the molecule is Cl.Cl.Fc1c(F)c(F)c(C2(C3=[C]([Zr])CC=C3)C=Cc3ccccc32)c(F)c1F. The first kappa shape index (κ1) is 23.1. The first-order valence-electron chi connectivity index (χ1n) is 7.82. The van der Waals surface area contributed by atoms with Crippen LogP contribution in [0.15, 0.2) is 51.3 Å². The summed E-state index contributed by atoms with van der Waals surface area (Å²) < 4.78 is 72.0. The Morgan fingerprint density at radius 1 is 0.786 bits per heavy atom. The molecule has 0 nitrogen and oxygen atoms in total. The Labute approximate surface area is 185 Å². The molecule has 0 N–H and O–H groups in total. The Morgan fingerprint density at radius 3 is 1.93 bits per heavy atom. The van der Waals surface area contributed by atoms with Gasteiger partial charge in [-0.1, -0.05) is 0 Å². The molecule has 0 fully saturated rings. The van der Waals surface area contributed by atoms with Crippen LogP contribution in [-0.4, -0.2) is 0 Å². The van der Waals surface area contributed by atoms with Crippen LogP contribution in [0.4, 0.5) is 22.0 Å². The Morgan fingerprint density at radius 2 is 1.36 bits per heavy atom. The third-order valence-corrected chi connectivity index (χ3v) is 6.02. The fourth-order valence-corrected chi connectivity index (χ4v) is 4.70. The predicted octanol–water partition coefficient (Wildman–Crippen LogP) is 6.30. The zero-order valence-corrected chi connectivity index (χ0v) is 18.1. The Balaban J connectivity index is 0.00000140. The number of benzene rings is 2. The average Bonchev–Trinajstić information content (AvgIpc) is 3.23. The second-order valence-electron chi connectivity index (χ2n) is 6.17. The van der Waals surface area contributed by atoms with Crippen molar-refractivity contribution >= 4 is 30.9 Å². The van der Waals surface area contributed by atoms with E-state index in [1.165, 1.54) is 6.08 Å². The summed E-state index contributed by atoms with van der Waals surface area (Å²) in [6, 6.07) is 6.86. The summed E-state index contributed by atoms with van der Waals surface area (Å²) in [7, 11) is 0. The zero-order valence-electron chi connectivity index (χ0n) is 14.0. The molecule has 1 unspecified atom stereocenters. The normalized spacial score (nSPS) is 19.4. The standard InChI is InChI=1S/C20H10F5.2ClH.Zr/c21-15-14(16(22)18(24)19(25)17(15)23)20(12-6-2-3-7-12)10-9-11-5-1-4-8-13(11)20;;;/h1-2,4-6,8-10H,3H2;2*1H;. The van der Waals surface area contributed by atoms with Crippen LogP contribution in [0.2, 0.25) is 0 Å². The molecule has 8 heteroatoms. The number of fused-ring (bicyclic) bond motifs is 1. The van der Waals surface area contributed by atoms with Crippen LogP contribution in [0.25, 0.3) is 6.08 Å². The molecule has 0 saturated heterocycles. The first-order valence-corrected chi connectivity index (χ1v) is 9.05. The number of halogens is 7. The second kappa shape index (κ2) is 8.25. The van der Waals surface area contributed by atoms with Gasteiger partial charge in [0.2, 0.25) is 0 Å². The minimum atomic E-state index is -2.15. The van der Waals surface area contributed by atoms with Crippen LogP contribution in [0.1, 0.15) is 23.1 Å². The van der Waals surface area contributed by atoms with Gasteiger partial charge in [0.15, 0.2) is 0 Å². The van der Waals surface area contributed by atoms with Crippen molar-refractivity contribution in [2.75, 3.05) is 0 Å². The second-order valence-corrected chi connectivity index (χ2v) is 7.66. The summed E-state index contributed by atoms with van der Waals surface area (Å²) in [4.78, 5) is 0. The van der Waals surface area contributed by atoms with Gasteiger partial charge in [0.05, 0.1) is 0 Å². The van der Waals surface area contributed by atoms with E-state index in [2.05, 4.69) is 0 Å². The van der Waals surface area contributed by atoms with Crippen LogP contribution in [-0.2, 0) is 30.1 Å². The molecule has 28 heavy (non-hydrogen) atoms. The van der Waals surface area contributed by atoms with Crippen LogP contribution in [0, 0.1) is 29.1 Å². The molecule has 0 bridgehead atoms. The van der Waals surface area contributed by atoms with Crippen molar-refractivity contribution in [3.8, 4) is 0 Å². The van der Waals surface area contributed by atoms with E-state index in [0.29, 0.717) is 23.1 Å². The topological polar surface area (TPSA) is 0 Å². The van der Waals surface area contributed by atoms with Crippen LogP contribution >= 0.6 is 24.8 Å². The van der Waals surface area contributed by atoms with E-state index in [9.17, 15) is 22.0 Å². The van der Waals surface area contributed by atoms with Gasteiger partial charge in [0.1, 0.15) is 0 Å². The van der Waals surface area contributed by atoms with Crippen LogP contribution < -0.4 is 0 Å². The quantitative estimate of drug-likeness (QED) is 0.253. The molecular weight excluding hydrogens is 497 g/mol. The molecule has 0 spiro atoms. The van der Waals surface area contributed by atoms with Gasteiger partial charge in [-0.15, -0.1) is 24.8 Å². The van der Waals surface area contributed by atoms with E-state index in [0.717, 1.165) is 28.0 Å². The Kier molecular flexibility index (Phi) is 6.80. The summed E-state index contributed by atoms with van der Waals surface area (Å²) in [6.45, 7) is 0. The Hall–Kier alpha value is -1.23. The third-order valence-electron chi connectivity index (χ3n) is 4.86. The fraction of sp³-hybridized carbons (Fsp3) is 0.100. The third kappa shape index (κ3) is 3.05. The van der Waals surface area contributed by atoms with E-state index in [4.69, 9.17) is 0 Å². The maximum absolute atomic E-state index is 14.8. The summed E-state index contributed by atoms with van der Waals surface area (Å²) in [6.07, 6.45) is 7.35. The zero-order chi connectivity index (χ0) is 18.6. The molecule has 2 aliphatic rings. The van der Waals surface area contributed by atoms with Gasteiger partial charge in [-0.05, 0) is 0 Å². The molecule has 2 aliphatic carbocycles. The molecule has 145 valence electrons. The van der Waals surface area contributed by atoms with Gasteiger partial charge in [-0.25, -0.2) is 0 Å². The average molecular weight is 509 g/mol. The van der Waals surface area contributed by atoms with E-state index in [1.54, 1.807) is 36.4 Å². The maximum atomic E-state index is 14.8. The monoisotopic (exact) mass is 507 g/mol. The number of rotatable bonds is 2. The van der Waals surface area contributed by atoms with Gasteiger partial charge in [-0.3, -0.25) is 0 Å². The van der Waals surface area contributed by atoms with Gasteiger partial charge in [0, 0.05) is 0 Å². The molecule has 0 heterocycles. The van der Waals surface area contributed by atoms with Gasteiger partial charge < -0.3 is 0 Å². The van der Waals surface area contributed by atoms with Crippen molar-refractivity contribution in [2.45, 2.75) is 11.8 Å². The van der Waals surface area contributed by atoms with E-state index in [1.807, 2.05) is 6.08 Å². The molecule has 0 aromatic heterocycles. The fourth-order valence-electron chi connectivity index (χ4n) is 3.72. The van der Waals surface area contributed by atoms with E-state index >= 15 is 0 Å².